The molecule has 7 nitrogen and oxygen atoms in total. The van der Waals surface area contributed by atoms with Crippen LogP contribution in [-0.2, 0) is 14.3 Å². The van der Waals surface area contributed by atoms with Crippen molar-refractivity contribution in [3.8, 4) is 11.1 Å². The lowest BCUT2D eigenvalue weighted by molar-refractivity contribution is -0.137. The number of rotatable bonds is 10. The Kier molecular flexibility index (Phi) is 7.43. The summed E-state index contributed by atoms with van der Waals surface area (Å²) in [4.78, 5) is 35.7. The van der Waals surface area contributed by atoms with E-state index in [0.29, 0.717) is 13.0 Å². The Morgan fingerprint density at radius 1 is 1.06 bits per heavy atom. The van der Waals surface area contributed by atoms with Gasteiger partial charge in [-0.15, -0.1) is 6.58 Å². The first-order chi connectivity index (χ1) is 15.0. The molecule has 0 radical (unpaired) electrons. The standard InChI is InChI=1S/C24H26N2O5/c1-2-3-14-25-23(29)21(12-13-22(27)28)26-24(30)31-15-20-18-10-6-4-8-16(18)17-9-5-7-11-19(17)20/h2,4-11,20-21H,1,3,12-15H2,(H,25,29)(H,26,30)(H,27,28). The van der Waals surface area contributed by atoms with Gasteiger partial charge in [-0.2, -0.15) is 0 Å². The second-order valence-corrected chi connectivity index (χ2v) is 7.32. The number of ether oxygens (including phenoxy) is 1. The van der Waals surface area contributed by atoms with Crippen LogP contribution in [0, 0.1) is 0 Å². The van der Waals surface area contributed by atoms with E-state index in [0.717, 1.165) is 22.3 Å². The monoisotopic (exact) mass is 422 g/mol. The summed E-state index contributed by atoms with van der Waals surface area (Å²) in [7, 11) is 0. The van der Waals surface area contributed by atoms with E-state index in [1.54, 1.807) is 6.08 Å². The van der Waals surface area contributed by atoms with Crippen LogP contribution in [0.5, 0.6) is 0 Å². The van der Waals surface area contributed by atoms with Gasteiger partial charge in [0, 0.05) is 18.9 Å². The summed E-state index contributed by atoms with van der Waals surface area (Å²) in [5, 5.41) is 14.1. The molecule has 1 unspecified atom stereocenters. The van der Waals surface area contributed by atoms with Crippen LogP contribution in [-0.4, -0.2) is 42.3 Å². The zero-order valence-corrected chi connectivity index (χ0v) is 17.2. The lowest BCUT2D eigenvalue weighted by Gasteiger charge is -2.19. The number of hydrogen-bond donors (Lipinski definition) is 3. The van der Waals surface area contributed by atoms with Gasteiger partial charge in [0.1, 0.15) is 12.6 Å². The summed E-state index contributed by atoms with van der Waals surface area (Å²) in [5.74, 6) is -1.59. The van der Waals surface area contributed by atoms with Crippen molar-refractivity contribution in [1.29, 1.82) is 0 Å². The molecular formula is C24H26N2O5. The Morgan fingerprint density at radius 2 is 1.68 bits per heavy atom. The molecule has 1 aliphatic carbocycles. The number of hydrogen-bond acceptors (Lipinski definition) is 4. The second-order valence-electron chi connectivity index (χ2n) is 7.32. The van der Waals surface area contributed by atoms with Crippen molar-refractivity contribution in [2.24, 2.45) is 0 Å². The van der Waals surface area contributed by atoms with E-state index in [9.17, 15) is 14.4 Å². The van der Waals surface area contributed by atoms with Crippen LogP contribution >= 0.6 is 0 Å². The summed E-state index contributed by atoms with van der Waals surface area (Å²) in [6, 6.07) is 15.0. The largest absolute Gasteiger partial charge is 0.481 e. The Balaban J connectivity index is 1.64. The first kappa shape index (κ1) is 22.1. The lowest BCUT2D eigenvalue weighted by atomic mass is 9.98. The third kappa shape index (κ3) is 5.51. The number of carboxylic acids is 1. The summed E-state index contributed by atoms with van der Waals surface area (Å²) < 4.78 is 5.46. The molecule has 7 heteroatoms. The molecule has 1 atom stereocenters. The SMILES string of the molecule is C=CCCNC(=O)C(CCC(=O)O)NC(=O)OCC1c2ccccc2-c2ccccc21. The highest BCUT2D eigenvalue weighted by molar-refractivity contribution is 5.86. The van der Waals surface area contributed by atoms with E-state index in [1.165, 1.54) is 0 Å². The molecule has 3 rings (SSSR count). The van der Waals surface area contributed by atoms with Crippen molar-refractivity contribution in [3.05, 3.63) is 72.3 Å². The van der Waals surface area contributed by atoms with Gasteiger partial charge in [-0.3, -0.25) is 9.59 Å². The van der Waals surface area contributed by atoms with Gasteiger partial charge in [0.2, 0.25) is 5.91 Å². The maximum atomic E-state index is 12.4. The normalized spacial score (nSPS) is 12.9. The molecule has 0 aliphatic heterocycles. The van der Waals surface area contributed by atoms with E-state index in [4.69, 9.17) is 9.84 Å². The van der Waals surface area contributed by atoms with Gasteiger partial charge in [-0.25, -0.2) is 4.79 Å². The number of fused-ring (bicyclic) bond motifs is 3. The predicted octanol–water partition coefficient (Wildman–Crippen LogP) is 3.45. The quantitative estimate of drug-likeness (QED) is 0.402. The molecule has 1 aliphatic rings. The molecule has 2 aromatic rings. The highest BCUT2D eigenvalue weighted by Gasteiger charge is 2.29. The first-order valence-corrected chi connectivity index (χ1v) is 10.2. The number of amides is 2. The van der Waals surface area contributed by atoms with Crippen molar-refractivity contribution in [2.75, 3.05) is 13.2 Å². The van der Waals surface area contributed by atoms with Crippen LogP contribution in [0.4, 0.5) is 4.79 Å². The fourth-order valence-corrected chi connectivity index (χ4v) is 3.74. The smallest absolute Gasteiger partial charge is 0.407 e. The number of carboxylic acid groups (broad SMARTS) is 1. The maximum absolute atomic E-state index is 12.4. The minimum Gasteiger partial charge on any atom is -0.481 e. The second kappa shape index (κ2) is 10.4. The van der Waals surface area contributed by atoms with Crippen LogP contribution < -0.4 is 10.6 Å². The van der Waals surface area contributed by atoms with Gasteiger partial charge < -0.3 is 20.5 Å². The van der Waals surface area contributed by atoms with Crippen molar-refractivity contribution >= 4 is 18.0 Å². The summed E-state index contributed by atoms with van der Waals surface area (Å²) in [6.45, 7) is 4.06. The molecule has 0 saturated heterocycles. The number of carbonyl (C=O) groups is 3. The van der Waals surface area contributed by atoms with Crippen molar-refractivity contribution in [1.82, 2.24) is 10.6 Å². The zero-order valence-electron chi connectivity index (χ0n) is 17.2. The molecule has 0 spiro atoms. The minimum atomic E-state index is -1.04. The first-order valence-electron chi connectivity index (χ1n) is 10.2. The average molecular weight is 422 g/mol. The van der Waals surface area contributed by atoms with Gasteiger partial charge in [0.15, 0.2) is 0 Å². The van der Waals surface area contributed by atoms with Crippen molar-refractivity contribution < 1.29 is 24.2 Å². The molecule has 0 saturated carbocycles. The molecule has 2 aromatic carbocycles. The Bertz CT molecular complexity index is 926. The Morgan fingerprint density at radius 3 is 2.26 bits per heavy atom. The summed E-state index contributed by atoms with van der Waals surface area (Å²) in [5.41, 5.74) is 4.41. The predicted molar refractivity (Wildman–Crippen MR) is 117 cm³/mol. The molecule has 162 valence electrons. The molecule has 0 aromatic heterocycles. The van der Waals surface area contributed by atoms with Crippen molar-refractivity contribution in [2.45, 2.75) is 31.2 Å². The van der Waals surface area contributed by atoms with E-state index >= 15 is 0 Å². The molecular weight excluding hydrogens is 396 g/mol. The van der Waals surface area contributed by atoms with Gasteiger partial charge in [0.05, 0.1) is 0 Å². The van der Waals surface area contributed by atoms with Crippen LogP contribution in [0.25, 0.3) is 11.1 Å². The molecule has 3 N–H and O–H groups in total. The maximum Gasteiger partial charge on any atom is 0.407 e. The number of benzene rings is 2. The van der Waals surface area contributed by atoms with Gasteiger partial charge in [0.25, 0.3) is 0 Å². The Hall–Kier alpha value is -3.61. The average Bonchev–Trinajstić information content (AvgIpc) is 3.09. The van der Waals surface area contributed by atoms with Crippen LogP contribution in [0.15, 0.2) is 61.2 Å². The number of aliphatic carboxylic acids is 1. The van der Waals surface area contributed by atoms with Crippen LogP contribution in [0.2, 0.25) is 0 Å². The van der Waals surface area contributed by atoms with E-state index in [-0.39, 0.29) is 25.4 Å². The topological polar surface area (TPSA) is 105 Å². The van der Waals surface area contributed by atoms with Crippen LogP contribution in [0.3, 0.4) is 0 Å². The van der Waals surface area contributed by atoms with Gasteiger partial charge >= 0.3 is 12.1 Å². The highest BCUT2D eigenvalue weighted by Crippen LogP contribution is 2.44. The number of carbonyl (C=O) groups excluding carboxylic acids is 2. The van der Waals surface area contributed by atoms with E-state index in [1.807, 2.05) is 48.5 Å². The number of alkyl carbamates (subject to hydrolysis) is 1. The highest BCUT2D eigenvalue weighted by atomic mass is 16.5. The third-order valence-corrected chi connectivity index (χ3v) is 5.25. The molecule has 0 fully saturated rings. The third-order valence-electron chi connectivity index (χ3n) is 5.25. The molecule has 31 heavy (non-hydrogen) atoms. The summed E-state index contributed by atoms with van der Waals surface area (Å²) >= 11 is 0. The van der Waals surface area contributed by atoms with Gasteiger partial charge in [-0.1, -0.05) is 54.6 Å². The van der Waals surface area contributed by atoms with E-state index < -0.39 is 24.0 Å². The molecule has 0 heterocycles. The number of nitrogens with one attached hydrogen (secondary N) is 2. The Labute approximate surface area is 181 Å². The van der Waals surface area contributed by atoms with Crippen LogP contribution in [0.1, 0.15) is 36.3 Å². The fraction of sp³-hybridized carbons (Fsp3) is 0.292. The fourth-order valence-electron chi connectivity index (χ4n) is 3.74. The molecule has 0 bridgehead atoms. The lowest BCUT2D eigenvalue weighted by Crippen LogP contribution is -2.47. The molecule has 2 amide bonds. The van der Waals surface area contributed by atoms with E-state index in [2.05, 4.69) is 17.2 Å². The van der Waals surface area contributed by atoms with Gasteiger partial charge in [-0.05, 0) is 35.1 Å². The zero-order chi connectivity index (χ0) is 22.2. The summed E-state index contributed by atoms with van der Waals surface area (Å²) in [6.07, 6.45) is 1.20. The van der Waals surface area contributed by atoms with Crippen molar-refractivity contribution in [3.63, 3.8) is 0 Å². The minimum absolute atomic E-state index is 0.0283.